The number of nitrogens with one attached hydrogen (secondary N) is 1. The molecule has 1 unspecified atom stereocenters. The van der Waals surface area contributed by atoms with Crippen LogP contribution in [0.2, 0.25) is 0 Å². The summed E-state index contributed by atoms with van der Waals surface area (Å²) >= 11 is 3.47. The molecule has 110 valence electrons. The van der Waals surface area contributed by atoms with E-state index in [9.17, 15) is 9.59 Å². The van der Waals surface area contributed by atoms with Crippen LogP contribution in [0, 0.1) is 13.8 Å². The third-order valence-corrected chi connectivity index (χ3v) is 3.88. The summed E-state index contributed by atoms with van der Waals surface area (Å²) in [6.45, 7) is 9.20. The minimum atomic E-state index is -0.713. The molecule has 5 heteroatoms. The van der Waals surface area contributed by atoms with E-state index in [0.29, 0.717) is 6.29 Å². The summed E-state index contributed by atoms with van der Waals surface area (Å²) in [7, 11) is 0. The van der Waals surface area contributed by atoms with Crippen LogP contribution in [0.1, 0.15) is 43.5 Å². The van der Waals surface area contributed by atoms with Crippen molar-refractivity contribution in [1.82, 2.24) is 5.32 Å². The second-order valence-corrected chi connectivity index (χ2v) is 6.52. The molecule has 0 radical (unpaired) electrons. The molecule has 1 aromatic carbocycles. The summed E-state index contributed by atoms with van der Waals surface area (Å²) in [5.74, 6) is 0. The molecule has 4 nitrogen and oxygen atoms in total. The highest BCUT2D eigenvalue weighted by atomic mass is 79.9. The molecule has 0 saturated carbocycles. The number of amides is 1. The Morgan fingerprint density at radius 1 is 1.30 bits per heavy atom. The normalized spacial score (nSPS) is 12.7. The molecule has 0 aliphatic heterocycles. The Balaban J connectivity index is 2.92. The van der Waals surface area contributed by atoms with Crippen molar-refractivity contribution in [3.63, 3.8) is 0 Å². The Kier molecular flexibility index (Phi) is 5.34. The molecule has 1 N–H and O–H groups in total. The molecule has 20 heavy (non-hydrogen) atoms. The van der Waals surface area contributed by atoms with Crippen LogP contribution in [0.5, 0.6) is 0 Å². The fourth-order valence-electron chi connectivity index (χ4n) is 1.79. The molecular formula is C15H20BrNO3. The van der Waals surface area contributed by atoms with E-state index in [1.165, 1.54) is 0 Å². The van der Waals surface area contributed by atoms with Crippen LogP contribution in [0.15, 0.2) is 16.6 Å². The fourth-order valence-corrected chi connectivity index (χ4v) is 2.02. The first-order valence-electron chi connectivity index (χ1n) is 6.35. The molecule has 0 aromatic heterocycles. The van der Waals surface area contributed by atoms with E-state index in [-0.39, 0.29) is 0 Å². The zero-order valence-electron chi connectivity index (χ0n) is 12.4. The van der Waals surface area contributed by atoms with E-state index >= 15 is 0 Å². The monoisotopic (exact) mass is 341 g/mol. The zero-order valence-corrected chi connectivity index (χ0v) is 14.0. The third kappa shape index (κ3) is 4.63. The van der Waals surface area contributed by atoms with Crippen LogP contribution in [-0.4, -0.2) is 18.0 Å². The van der Waals surface area contributed by atoms with Gasteiger partial charge in [-0.1, -0.05) is 28.1 Å². The highest BCUT2D eigenvalue weighted by Crippen LogP contribution is 2.25. The first kappa shape index (κ1) is 16.7. The highest BCUT2D eigenvalue weighted by molar-refractivity contribution is 9.10. The largest absolute Gasteiger partial charge is 0.444 e. The van der Waals surface area contributed by atoms with Crippen LogP contribution in [-0.2, 0) is 9.53 Å². The highest BCUT2D eigenvalue weighted by Gasteiger charge is 2.20. The third-order valence-electron chi connectivity index (χ3n) is 2.63. The molecule has 1 amide bonds. The number of carbonyl (C=O) groups excluding carboxylic acids is 2. The molecule has 0 bridgehead atoms. The first-order valence-corrected chi connectivity index (χ1v) is 7.15. The predicted molar refractivity (Wildman–Crippen MR) is 81.8 cm³/mol. The van der Waals surface area contributed by atoms with Gasteiger partial charge in [0.1, 0.15) is 17.9 Å². The van der Waals surface area contributed by atoms with Gasteiger partial charge < -0.3 is 14.8 Å². The molecule has 1 aromatic rings. The van der Waals surface area contributed by atoms with Crippen molar-refractivity contribution in [2.24, 2.45) is 0 Å². The number of halogens is 1. The molecule has 0 aliphatic rings. The lowest BCUT2D eigenvalue weighted by atomic mass is 10.0. The smallest absolute Gasteiger partial charge is 0.408 e. The van der Waals surface area contributed by atoms with Crippen LogP contribution in [0.4, 0.5) is 4.79 Å². The summed E-state index contributed by atoms with van der Waals surface area (Å²) in [4.78, 5) is 23.0. The lowest BCUT2D eigenvalue weighted by Gasteiger charge is -2.22. The Labute approximate surface area is 128 Å². The second kappa shape index (κ2) is 6.39. The SMILES string of the molecule is Cc1cc(C(C=O)NC(=O)OC(C)(C)C)cc(C)c1Br. The number of hydrogen-bond donors (Lipinski definition) is 1. The molecule has 0 spiro atoms. The summed E-state index contributed by atoms with van der Waals surface area (Å²) in [5.41, 5.74) is 2.17. The summed E-state index contributed by atoms with van der Waals surface area (Å²) in [5, 5.41) is 2.57. The molecule has 0 fully saturated rings. The van der Waals surface area contributed by atoms with Gasteiger partial charge in [-0.15, -0.1) is 0 Å². The Morgan fingerprint density at radius 2 is 1.80 bits per heavy atom. The number of ether oxygens (including phenoxy) is 1. The summed E-state index contributed by atoms with van der Waals surface area (Å²) in [6.07, 6.45) is 0.0966. The number of aryl methyl sites for hydroxylation is 2. The van der Waals surface area contributed by atoms with E-state index in [0.717, 1.165) is 21.2 Å². The van der Waals surface area contributed by atoms with E-state index in [1.54, 1.807) is 20.8 Å². The number of alkyl carbamates (subject to hydrolysis) is 1. The Morgan fingerprint density at radius 3 is 2.20 bits per heavy atom. The van der Waals surface area contributed by atoms with E-state index in [4.69, 9.17) is 4.74 Å². The molecule has 0 saturated heterocycles. The lowest BCUT2D eigenvalue weighted by Crippen LogP contribution is -2.35. The van der Waals surface area contributed by atoms with E-state index < -0.39 is 17.7 Å². The lowest BCUT2D eigenvalue weighted by molar-refractivity contribution is -0.109. The van der Waals surface area contributed by atoms with Gasteiger partial charge in [-0.3, -0.25) is 0 Å². The predicted octanol–water partition coefficient (Wildman–Crippen LogP) is 3.83. The van der Waals surface area contributed by atoms with Gasteiger partial charge in [0.2, 0.25) is 0 Å². The van der Waals surface area contributed by atoms with Crippen molar-refractivity contribution in [3.05, 3.63) is 33.3 Å². The second-order valence-electron chi connectivity index (χ2n) is 5.73. The summed E-state index contributed by atoms with van der Waals surface area (Å²) in [6, 6.07) is 3.02. The van der Waals surface area contributed by atoms with Crippen LogP contribution >= 0.6 is 15.9 Å². The van der Waals surface area contributed by atoms with Crippen molar-refractivity contribution in [2.45, 2.75) is 46.3 Å². The maximum absolute atomic E-state index is 11.7. The van der Waals surface area contributed by atoms with Gasteiger partial charge in [0.15, 0.2) is 0 Å². The van der Waals surface area contributed by atoms with Gasteiger partial charge in [-0.25, -0.2) is 4.79 Å². The van der Waals surface area contributed by atoms with Crippen LogP contribution in [0.3, 0.4) is 0 Å². The molecule has 1 atom stereocenters. The number of hydrogen-bond acceptors (Lipinski definition) is 3. The molecule has 0 heterocycles. The maximum Gasteiger partial charge on any atom is 0.408 e. The maximum atomic E-state index is 11.7. The first-order chi connectivity index (χ1) is 9.14. The molecular weight excluding hydrogens is 322 g/mol. The number of benzene rings is 1. The molecule has 0 aliphatic carbocycles. The van der Waals surface area contributed by atoms with Gasteiger partial charge in [0.05, 0.1) is 0 Å². The number of rotatable bonds is 3. The minimum absolute atomic E-state index is 0.594. The van der Waals surface area contributed by atoms with E-state index in [1.807, 2.05) is 26.0 Å². The van der Waals surface area contributed by atoms with Crippen molar-refractivity contribution < 1.29 is 14.3 Å². The van der Waals surface area contributed by atoms with Gasteiger partial charge in [0.25, 0.3) is 0 Å². The van der Waals surface area contributed by atoms with Crippen LogP contribution in [0.25, 0.3) is 0 Å². The van der Waals surface area contributed by atoms with Crippen LogP contribution < -0.4 is 5.32 Å². The standard InChI is InChI=1S/C15H20BrNO3/c1-9-6-11(7-10(2)13(9)16)12(8-18)17-14(19)20-15(3,4)5/h6-8,12H,1-5H3,(H,17,19). The number of carbonyl (C=O) groups is 2. The molecule has 1 rings (SSSR count). The average molecular weight is 342 g/mol. The van der Waals surface area contributed by atoms with Gasteiger partial charge in [-0.2, -0.15) is 0 Å². The minimum Gasteiger partial charge on any atom is -0.444 e. The van der Waals surface area contributed by atoms with Gasteiger partial charge in [-0.05, 0) is 51.3 Å². The van der Waals surface area contributed by atoms with Gasteiger partial charge >= 0.3 is 6.09 Å². The fraction of sp³-hybridized carbons (Fsp3) is 0.467. The Hall–Kier alpha value is -1.36. The average Bonchev–Trinajstić information content (AvgIpc) is 2.30. The van der Waals surface area contributed by atoms with Crippen molar-refractivity contribution in [3.8, 4) is 0 Å². The van der Waals surface area contributed by atoms with Gasteiger partial charge in [0, 0.05) is 4.47 Å². The Bertz CT molecular complexity index is 497. The van der Waals surface area contributed by atoms with Crippen molar-refractivity contribution in [2.75, 3.05) is 0 Å². The summed E-state index contributed by atoms with van der Waals surface area (Å²) < 4.78 is 6.16. The zero-order chi connectivity index (χ0) is 15.5. The van der Waals surface area contributed by atoms with Crippen molar-refractivity contribution >= 4 is 28.3 Å². The number of aldehydes is 1. The van der Waals surface area contributed by atoms with Crippen molar-refractivity contribution in [1.29, 1.82) is 0 Å². The topological polar surface area (TPSA) is 55.4 Å². The van der Waals surface area contributed by atoms with E-state index in [2.05, 4.69) is 21.2 Å². The quantitative estimate of drug-likeness (QED) is 0.850.